The molecule has 0 saturated carbocycles. The van der Waals surface area contributed by atoms with Crippen molar-refractivity contribution >= 4 is 40.0 Å². The van der Waals surface area contributed by atoms with Gasteiger partial charge in [-0.25, -0.2) is 9.97 Å². The van der Waals surface area contributed by atoms with Crippen LogP contribution in [0.25, 0.3) is 33.2 Å². The average Bonchev–Trinajstić information content (AvgIpc) is 3.24. The molecule has 0 amide bonds. The van der Waals surface area contributed by atoms with Gasteiger partial charge in [0.2, 0.25) is 11.6 Å². The molecule has 6 nitrogen and oxygen atoms in total. The second kappa shape index (κ2) is 5.77. The molecule has 120 valence electrons. The van der Waals surface area contributed by atoms with E-state index in [-0.39, 0.29) is 18.0 Å². The van der Waals surface area contributed by atoms with Crippen LogP contribution in [0, 0.1) is 0 Å². The van der Waals surface area contributed by atoms with E-state index in [0.717, 1.165) is 5.39 Å². The molecule has 0 atom stereocenters. The van der Waals surface area contributed by atoms with Crippen molar-refractivity contribution in [3.8, 4) is 22.1 Å². The highest BCUT2D eigenvalue weighted by Gasteiger charge is 2.18. The van der Waals surface area contributed by atoms with E-state index in [2.05, 4.69) is 9.97 Å². The van der Waals surface area contributed by atoms with Gasteiger partial charge >= 0.3 is 0 Å². The van der Waals surface area contributed by atoms with Crippen LogP contribution in [0.1, 0.15) is 5.69 Å². The van der Waals surface area contributed by atoms with E-state index in [1.54, 1.807) is 24.4 Å². The average molecular weight is 360 g/mol. The van der Waals surface area contributed by atoms with Crippen LogP contribution >= 0.6 is 22.9 Å². The third kappa shape index (κ3) is 2.68. The first-order valence-electron chi connectivity index (χ1n) is 6.89. The predicted octanol–water partition coefficient (Wildman–Crippen LogP) is 3.16. The van der Waals surface area contributed by atoms with Gasteiger partial charge in [0.15, 0.2) is 5.76 Å². The Kier molecular flexibility index (Phi) is 3.59. The molecule has 0 fully saturated rings. The smallest absolute Gasteiger partial charge is 0.228 e. The van der Waals surface area contributed by atoms with Gasteiger partial charge in [-0.15, -0.1) is 11.3 Å². The molecule has 0 spiro atoms. The summed E-state index contributed by atoms with van der Waals surface area (Å²) >= 11 is 7.23. The number of thiophene rings is 1. The van der Waals surface area contributed by atoms with Crippen molar-refractivity contribution in [1.82, 2.24) is 9.97 Å². The molecular formula is C16H8ClN2O4S-. The first-order chi connectivity index (χ1) is 11.6. The first-order valence-corrected chi connectivity index (χ1v) is 8.08. The molecule has 4 rings (SSSR count). The molecule has 0 bridgehead atoms. The summed E-state index contributed by atoms with van der Waals surface area (Å²) in [6, 6.07) is 7.06. The molecule has 0 radical (unpaired) electrons. The fourth-order valence-electron chi connectivity index (χ4n) is 2.34. The van der Waals surface area contributed by atoms with Crippen molar-refractivity contribution in [2.45, 2.75) is 6.42 Å². The Balaban J connectivity index is 1.83. The molecule has 4 heterocycles. The van der Waals surface area contributed by atoms with Crippen molar-refractivity contribution in [3.05, 3.63) is 46.8 Å². The minimum atomic E-state index is -1.23. The Morgan fingerprint density at radius 3 is 2.96 bits per heavy atom. The maximum atomic E-state index is 11.0. The fraction of sp³-hybridized carbons (Fsp3) is 0.0625. The number of furan rings is 1. The number of carbonyl (C=O) groups is 1. The first kappa shape index (κ1) is 14.9. The van der Waals surface area contributed by atoms with E-state index in [9.17, 15) is 9.90 Å². The van der Waals surface area contributed by atoms with E-state index < -0.39 is 5.97 Å². The molecule has 0 aromatic carbocycles. The van der Waals surface area contributed by atoms with E-state index in [0.29, 0.717) is 26.3 Å². The molecule has 0 aliphatic carbocycles. The minimum absolute atomic E-state index is 0.279. The van der Waals surface area contributed by atoms with Crippen LogP contribution in [0.5, 0.6) is 0 Å². The topological polar surface area (TPSA) is 92.2 Å². The highest BCUT2D eigenvalue weighted by molar-refractivity contribution is 7.19. The number of hydrogen-bond donors (Lipinski definition) is 0. The lowest BCUT2D eigenvalue weighted by Crippen LogP contribution is -2.24. The summed E-state index contributed by atoms with van der Waals surface area (Å²) < 4.78 is 11.6. The number of hydrogen-bond acceptors (Lipinski definition) is 7. The Labute approximate surface area is 144 Å². The summed E-state index contributed by atoms with van der Waals surface area (Å²) in [4.78, 5) is 20.2. The number of carboxylic acid groups (broad SMARTS) is 1. The predicted molar refractivity (Wildman–Crippen MR) is 86.5 cm³/mol. The second-order valence-electron chi connectivity index (χ2n) is 4.99. The summed E-state index contributed by atoms with van der Waals surface area (Å²) in [5.41, 5.74) is 1.42. The number of fused-ring (bicyclic) bond motifs is 1. The van der Waals surface area contributed by atoms with Crippen molar-refractivity contribution in [3.63, 3.8) is 0 Å². The summed E-state index contributed by atoms with van der Waals surface area (Å²) in [6.45, 7) is 0. The van der Waals surface area contributed by atoms with Crippen LogP contribution in [-0.2, 0) is 11.2 Å². The summed E-state index contributed by atoms with van der Waals surface area (Å²) in [6.07, 6.45) is 2.75. The molecule has 0 unspecified atom stereocenters. The number of halogens is 1. The lowest BCUT2D eigenvalue weighted by molar-refractivity contribution is -0.304. The van der Waals surface area contributed by atoms with E-state index in [1.165, 1.54) is 17.6 Å². The zero-order chi connectivity index (χ0) is 16.7. The standard InChI is InChI=1S/C16H9ClN2O4S/c17-12-2-1-11(24-12)14-10(6-13(20)21)19-16(23-14)9-5-8-3-4-22-15(8)18-7-9/h1-5,7H,6H2,(H,20,21)/p-1. The molecule has 8 heteroatoms. The van der Waals surface area contributed by atoms with E-state index in [1.807, 2.05) is 6.07 Å². The van der Waals surface area contributed by atoms with Crippen LogP contribution in [0.2, 0.25) is 4.34 Å². The molecule has 0 saturated heterocycles. The summed E-state index contributed by atoms with van der Waals surface area (Å²) in [5.74, 6) is -0.582. The van der Waals surface area contributed by atoms with Gasteiger partial charge in [0.25, 0.3) is 0 Å². The number of pyridine rings is 1. The van der Waals surface area contributed by atoms with Crippen LogP contribution in [0.3, 0.4) is 0 Å². The number of nitrogens with zero attached hydrogens (tertiary/aromatic N) is 2. The molecule has 4 aromatic heterocycles. The van der Waals surface area contributed by atoms with Gasteiger partial charge in [-0.2, -0.15) is 0 Å². The Hall–Kier alpha value is -2.64. The maximum Gasteiger partial charge on any atom is 0.228 e. The second-order valence-corrected chi connectivity index (χ2v) is 6.70. The SMILES string of the molecule is O=C([O-])Cc1nc(-c2cnc3occc3c2)oc1-c1ccc(Cl)s1. The third-order valence-corrected chi connectivity index (χ3v) is 4.59. The van der Waals surface area contributed by atoms with Crippen LogP contribution < -0.4 is 5.11 Å². The van der Waals surface area contributed by atoms with Gasteiger partial charge in [0.05, 0.1) is 26.7 Å². The van der Waals surface area contributed by atoms with Crippen LogP contribution in [0.4, 0.5) is 0 Å². The highest BCUT2D eigenvalue weighted by Crippen LogP contribution is 2.36. The largest absolute Gasteiger partial charge is 0.550 e. The third-order valence-electron chi connectivity index (χ3n) is 3.36. The zero-order valence-electron chi connectivity index (χ0n) is 12.0. The number of aromatic nitrogens is 2. The number of aliphatic carboxylic acids is 1. The van der Waals surface area contributed by atoms with Crippen LogP contribution in [-0.4, -0.2) is 15.9 Å². The monoisotopic (exact) mass is 359 g/mol. The van der Waals surface area contributed by atoms with Gasteiger partial charge in [-0.3, -0.25) is 0 Å². The zero-order valence-corrected chi connectivity index (χ0v) is 13.6. The normalized spacial score (nSPS) is 11.2. The van der Waals surface area contributed by atoms with Gasteiger partial charge in [0, 0.05) is 24.0 Å². The number of oxazole rings is 1. The highest BCUT2D eigenvalue weighted by atomic mass is 35.5. The molecule has 0 aliphatic heterocycles. The minimum Gasteiger partial charge on any atom is -0.550 e. The van der Waals surface area contributed by atoms with Crippen molar-refractivity contribution in [2.75, 3.05) is 0 Å². The maximum absolute atomic E-state index is 11.0. The lowest BCUT2D eigenvalue weighted by Gasteiger charge is -1.99. The molecule has 24 heavy (non-hydrogen) atoms. The van der Waals surface area contributed by atoms with Gasteiger partial charge in [0.1, 0.15) is 0 Å². The van der Waals surface area contributed by atoms with Crippen LogP contribution in [0.15, 0.2) is 45.6 Å². The number of carboxylic acids is 1. The molecule has 0 N–H and O–H groups in total. The van der Waals surface area contributed by atoms with Gasteiger partial charge < -0.3 is 18.7 Å². The summed E-state index contributed by atoms with van der Waals surface area (Å²) in [7, 11) is 0. The molecular weight excluding hydrogens is 352 g/mol. The summed E-state index contributed by atoms with van der Waals surface area (Å²) in [5, 5.41) is 11.8. The van der Waals surface area contributed by atoms with Crippen molar-refractivity contribution in [2.24, 2.45) is 0 Å². The molecule has 0 aliphatic rings. The number of rotatable bonds is 4. The fourth-order valence-corrected chi connectivity index (χ4v) is 3.38. The Morgan fingerprint density at radius 2 is 2.21 bits per heavy atom. The van der Waals surface area contributed by atoms with Crippen molar-refractivity contribution in [1.29, 1.82) is 0 Å². The Morgan fingerprint density at radius 1 is 1.33 bits per heavy atom. The molecule has 4 aromatic rings. The van der Waals surface area contributed by atoms with E-state index in [4.69, 9.17) is 20.4 Å². The lowest BCUT2D eigenvalue weighted by atomic mass is 10.2. The quantitative estimate of drug-likeness (QED) is 0.555. The van der Waals surface area contributed by atoms with Crippen molar-refractivity contribution < 1.29 is 18.7 Å². The van der Waals surface area contributed by atoms with Gasteiger partial charge in [-0.05, 0) is 24.3 Å². The number of carbonyl (C=O) groups excluding carboxylic acids is 1. The Bertz CT molecular complexity index is 1050. The van der Waals surface area contributed by atoms with E-state index >= 15 is 0 Å². The van der Waals surface area contributed by atoms with Gasteiger partial charge in [-0.1, -0.05) is 11.6 Å².